The standard InChI is InChI=1S/C10H14N4O2S/c1-2-15-4-3-8-13-9(16-14-8)5-7-6-17-10(11)12-7/h6H,2-5H2,1H3,(H2,11,12). The molecule has 6 nitrogen and oxygen atoms in total. The van der Waals surface area contributed by atoms with E-state index in [2.05, 4.69) is 15.1 Å². The second-order valence-corrected chi connectivity index (χ2v) is 4.29. The third-order valence-corrected chi connectivity index (χ3v) is 2.81. The van der Waals surface area contributed by atoms with Crippen molar-refractivity contribution in [3.8, 4) is 0 Å². The van der Waals surface area contributed by atoms with E-state index in [4.69, 9.17) is 15.0 Å². The Morgan fingerprint density at radius 3 is 3.06 bits per heavy atom. The Morgan fingerprint density at radius 2 is 2.35 bits per heavy atom. The molecule has 0 atom stereocenters. The van der Waals surface area contributed by atoms with Crippen LogP contribution < -0.4 is 5.73 Å². The molecule has 0 saturated carbocycles. The highest BCUT2D eigenvalue weighted by Gasteiger charge is 2.09. The summed E-state index contributed by atoms with van der Waals surface area (Å²) in [5, 5.41) is 6.31. The summed E-state index contributed by atoms with van der Waals surface area (Å²) in [5.41, 5.74) is 6.40. The van der Waals surface area contributed by atoms with Crippen molar-refractivity contribution in [3.05, 3.63) is 22.8 Å². The van der Waals surface area contributed by atoms with Crippen molar-refractivity contribution in [1.29, 1.82) is 0 Å². The summed E-state index contributed by atoms with van der Waals surface area (Å²) in [5.74, 6) is 1.22. The Balaban J connectivity index is 1.89. The Hall–Kier alpha value is -1.47. The third-order valence-electron chi connectivity index (χ3n) is 2.09. The van der Waals surface area contributed by atoms with Crippen LogP contribution in [0.3, 0.4) is 0 Å². The molecular formula is C10H14N4O2S. The molecule has 0 aliphatic heterocycles. The number of nitrogen functional groups attached to an aromatic ring is 1. The molecule has 92 valence electrons. The normalized spacial score (nSPS) is 10.9. The van der Waals surface area contributed by atoms with Crippen molar-refractivity contribution in [3.63, 3.8) is 0 Å². The van der Waals surface area contributed by atoms with Crippen LogP contribution in [0.1, 0.15) is 24.3 Å². The second kappa shape index (κ2) is 5.74. The van der Waals surface area contributed by atoms with Gasteiger partial charge in [0.1, 0.15) is 0 Å². The summed E-state index contributed by atoms with van der Waals surface area (Å²) >= 11 is 1.40. The molecule has 17 heavy (non-hydrogen) atoms. The number of hydrogen-bond donors (Lipinski definition) is 1. The maximum atomic E-state index is 5.54. The molecule has 0 saturated heterocycles. The van der Waals surface area contributed by atoms with Crippen LogP contribution in [0.25, 0.3) is 0 Å². The van der Waals surface area contributed by atoms with Gasteiger partial charge in [0.2, 0.25) is 5.89 Å². The quantitative estimate of drug-likeness (QED) is 0.781. The summed E-state index contributed by atoms with van der Waals surface area (Å²) < 4.78 is 10.3. The lowest BCUT2D eigenvalue weighted by molar-refractivity contribution is 0.149. The first-order valence-electron chi connectivity index (χ1n) is 5.37. The molecule has 0 spiro atoms. The monoisotopic (exact) mass is 254 g/mol. The van der Waals surface area contributed by atoms with Crippen molar-refractivity contribution in [2.45, 2.75) is 19.8 Å². The van der Waals surface area contributed by atoms with Crippen LogP contribution in [0.15, 0.2) is 9.90 Å². The van der Waals surface area contributed by atoms with Gasteiger partial charge < -0.3 is 15.0 Å². The van der Waals surface area contributed by atoms with Crippen LogP contribution in [0, 0.1) is 0 Å². The Morgan fingerprint density at radius 1 is 1.47 bits per heavy atom. The molecule has 0 fully saturated rings. The van der Waals surface area contributed by atoms with Gasteiger partial charge in [0.25, 0.3) is 0 Å². The molecule has 0 bridgehead atoms. The summed E-state index contributed by atoms with van der Waals surface area (Å²) in [6.07, 6.45) is 1.19. The molecule has 0 radical (unpaired) electrons. The van der Waals surface area contributed by atoms with Crippen LogP contribution in [0.2, 0.25) is 0 Å². The first kappa shape index (κ1) is 12.0. The van der Waals surface area contributed by atoms with E-state index in [9.17, 15) is 0 Å². The number of rotatable bonds is 6. The zero-order chi connectivity index (χ0) is 12.1. The second-order valence-electron chi connectivity index (χ2n) is 3.41. The number of hydrogen-bond acceptors (Lipinski definition) is 7. The maximum absolute atomic E-state index is 5.54. The fourth-order valence-electron chi connectivity index (χ4n) is 1.33. The lowest BCUT2D eigenvalue weighted by atomic mass is 10.3. The van der Waals surface area contributed by atoms with Gasteiger partial charge in [-0.25, -0.2) is 4.98 Å². The topological polar surface area (TPSA) is 87.1 Å². The van der Waals surface area contributed by atoms with Crippen LogP contribution in [-0.2, 0) is 17.6 Å². The van der Waals surface area contributed by atoms with E-state index in [0.29, 0.717) is 42.9 Å². The molecule has 2 N–H and O–H groups in total. The predicted molar refractivity (Wildman–Crippen MR) is 63.8 cm³/mol. The number of ether oxygens (including phenoxy) is 1. The fraction of sp³-hybridized carbons (Fsp3) is 0.500. The van der Waals surface area contributed by atoms with Crippen molar-refractivity contribution >= 4 is 16.5 Å². The minimum atomic E-state index is 0.523. The van der Waals surface area contributed by atoms with Crippen LogP contribution in [0.4, 0.5) is 5.13 Å². The molecule has 7 heteroatoms. The van der Waals surface area contributed by atoms with Gasteiger partial charge in [-0.1, -0.05) is 5.16 Å². The summed E-state index contributed by atoms with van der Waals surface area (Å²) in [7, 11) is 0. The summed E-state index contributed by atoms with van der Waals surface area (Å²) in [4.78, 5) is 8.39. The zero-order valence-electron chi connectivity index (χ0n) is 9.55. The number of aromatic nitrogens is 3. The third kappa shape index (κ3) is 3.50. The smallest absolute Gasteiger partial charge is 0.232 e. The predicted octanol–water partition coefficient (Wildman–Crippen LogP) is 1.28. The Kier molecular flexibility index (Phi) is 4.05. The average Bonchev–Trinajstić information content (AvgIpc) is 2.90. The Bertz CT molecular complexity index is 468. The van der Waals surface area contributed by atoms with Crippen molar-refractivity contribution in [1.82, 2.24) is 15.1 Å². The molecule has 2 rings (SSSR count). The Labute approximate surface area is 103 Å². The van der Waals surface area contributed by atoms with Gasteiger partial charge in [-0.15, -0.1) is 11.3 Å². The molecule has 2 aromatic rings. The minimum Gasteiger partial charge on any atom is -0.381 e. The zero-order valence-corrected chi connectivity index (χ0v) is 10.4. The molecule has 0 aliphatic rings. The summed E-state index contributed by atoms with van der Waals surface area (Å²) in [6, 6.07) is 0. The van der Waals surface area contributed by atoms with E-state index < -0.39 is 0 Å². The van der Waals surface area contributed by atoms with Gasteiger partial charge in [-0.3, -0.25) is 0 Å². The van der Waals surface area contributed by atoms with Crippen LogP contribution in [-0.4, -0.2) is 28.3 Å². The van der Waals surface area contributed by atoms with E-state index in [-0.39, 0.29) is 0 Å². The van der Waals surface area contributed by atoms with E-state index in [1.54, 1.807) is 0 Å². The van der Waals surface area contributed by atoms with Gasteiger partial charge in [-0.05, 0) is 6.92 Å². The highest BCUT2D eigenvalue weighted by molar-refractivity contribution is 7.13. The van der Waals surface area contributed by atoms with Crippen molar-refractivity contribution < 1.29 is 9.26 Å². The van der Waals surface area contributed by atoms with E-state index in [1.807, 2.05) is 12.3 Å². The van der Waals surface area contributed by atoms with Crippen LogP contribution in [0.5, 0.6) is 0 Å². The van der Waals surface area contributed by atoms with Gasteiger partial charge in [0.15, 0.2) is 11.0 Å². The fourth-order valence-corrected chi connectivity index (χ4v) is 1.89. The molecule has 0 aromatic carbocycles. The van der Waals surface area contributed by atoms with E-state index in [0.717, 1.165) is 5.69 Å². The number of thiazole rings is 1. The maximum Gasteiger partial charge on any atom is 0.232 e. The largest absolute Gasteiger partial charge is 0.381 e. The minimum absolute atomic E-state index is 0.523. The number of anilines is 1. The van der Waals surface area contributed by atoms with Crippen LogP contribution >= 0.6 is 11.3 Å². The van der Waals surface area contributed by atoms with Gasteiger partial charge >= 0.3 is 0 Å². The van der Waals surface area contributed by atoms with Gasteiger partial charge in [0.05, 0.1) is 18.7 Å². The first-order valence-corrected chi connectivity index (χ1v) is 6.25. The lowest BCUT2D eigenvalue weighted by Gasteiger charge is -1.94. The van der Waals surface area contributed by atoms with Crippen molar-refractivity contribution in [2.75, 3.05) is 18.9 Å². The molecule has 0 amide bonds. The van der Waals surface area contributed by atoms with Gasteiger partial charge in [-0.2, -0.15) is 4.98 Å². The molecule has 2 heterocycles. The molecule has 0 unspecified atom stereocenters. The SMILES string of the molecule is CCOCCc1noc(Cc2csc(N)n2)n1. The highest BCUT2D eigenvalue weighted by Crippen LogP contribution is 2.14. The first-order chi connectivity index (χ1) is 8.28. The van der Waals surface area contributed by atoms with Crippen molar-refractivity contribution in [2.24, 2.45) is 0 Å². The molecule has 2 aromatic heterocycles. The molecular weight excluding hydrogens is 240 g/mol. The van der Waals surface area contributed by atoms with Gasteiger partial charge in [0, 0.05) is 18.4 Å². The lowest BCUT2D eigenvalue weighted by Crippen LogP contribution is -1.99. The van der Waals surface area contributed by atoms with E-state index >= 15 is 0 Å². The summed E-state index contributed by atoms with van der Waals surface area (Å²) in [6.45, 7) is 3.26. The van der Waals surface area contributed by atoms with E-state index in [1.165, 1.54) is 11.3 Å². The number of nitrogens with two attached hydrogens (primary N) is 1. The average molecular weight is 254 g/mol. The highest BCUT2D eigenvalue weighted by atomic mass is 32.1. The number of nitrogens with zero attached hydrogens (tertiary/aromatic N) is 3. The molecule has 0 aliphatic carbocycles.